The van der Waals surface area contributed by atoms with Gasteiger partial charge in [-0.1, -0.05) is 37.3 Å². The SMILES string of the molecule is C[C@H](/C=N\Nc1ccc(C(F)(F)F)cn1)c1ccccc1. The van der Waals surface area contributed by atoms with Crippen LogP contribution in [-0.4, -0.2) is 11.2 Å². The molecule has 0 aliphatic heterocycles. The molecule has 0 fully saturated rings. The first-order valence-electron chi connectivity index (χ1n) is 6.34. The van der Waals surface area contributed by atoms with E-state index in [1.807, 2.05) is 37.3 Å². The summed E-state index contributed by atoms with van der Waals surface area (Å²) in [4.78, 5) is 3.67. The maximum Gasteiger partial charge on any atom is 0.417 e. The monoisotopic (exact) mass is 293 g/mol. The summed E-state index contributed by atoms with van der Waals surface area (Å²) in [6.07, 6.45) is -1.93. The lowest BCUT2D eigenvalue weighted by Gasteiger charge is -2.07. The third-order valence-electron chi connectivity index (χ3n) is 2.89. The van der Waals surface area contributed by atoms with Crippen LogP contribution in [0.1, 0.15) is 24.0 Å². The molecule has 0 aliphatic rings. The molecule has 0 bridgehead atoms. The number of nitrogens with one attached hydrogen (secondary N) is 1. The lowest BCUT2D eigenvalue weighted by molar-refractivity contribution is -0.137. The van der Waals surface area contributed by atoms with Crippen molar-refractivity contribution in [2.45, 2.75) is 19.0 Å². The van der Waals surface area contributed by atoms with Crippen LogP contribution in [0.25, 0.3) is 0 Å². The Hall–Kier alpha value is -2.37. The molecule has 3 nitrogen and oxygen atoms in total. The van der Waals surface area contributed by atoms with Crippen molar-refractivity contribution in [1.82, 2.24) is 4.98 Å². The molecule has 2 aromatic rings. The van der Waals surface area contributed by atoms with Gasteiger partial charge in [-0.05, 0) is 17.7 Å². The molecule has 21 heavy (non-hydrogen) atoms. The van der Waals surface area contributed by atoms with Crippen molar-refractivity contribution in [2.75, 3.05) is 5.43 Å². The van der Waals surface area contributed by atoms with E-state index in [9.17, 15) is 13.2 Å². The van der Waals surface area contributed by atoms with E-state index in [1.54, 1.807) is 6.21 Å². The first kappa shape index (κ1) is 15.0. The largest absolute Gasteiger partial charge is 0.417 e. The van der Waals surface area contributed by atoms with Gasteiger partial charge in [0.15, 0.2) is 0 Å². The van der Waals surface area contributed by atoms with Crippen LogP contribution in [0.2, 0.25) is 0 Å². The number of rotatable bonds is 4. The van der Waals surface area contributed by atoms with Crippen LogP contribution in [0.3, 0.4) is 0 Å². The molecule has 6 heteroatoms. The van der Waals surface area contributed by atoms with Gasteiger partial charge in [-0.3, -0.25) is 5.43 Å². The van der Waals surface area contributed by atoms with Crippen molar-refractivity contribution < 1.29 is 13.2 Å². The van der Waals surface area contributed by atoms with E-state index in [1.165, 1.54) is 6.07 Å². The number of nitrogens with zero attached hydrogens (tertiary/aromatic N) is 2. The van der Waals surface area contributed by atoms with Crippen LogP contribution in [0.5, 0.6) is 0 Å². The van der Waals surface area contributed by atoms with Crippen LogP contribution in [0.4, 0.5) is 19.0 Å². The van der Waals surface area contributed by atoms with E-state index >= 15 is 0 Å². The van der Waals surface area contributed by atoms with Crippen LogP contribution < -0.4 is 5.43 Å². The molecule has 0 saturated heterocycles. The van der Waals surface area contributed by atoms with Gasteiger partial charge >= 0.3 is 6.18 Å². The highest BCUT2D eigenvalue weighted by atomic mass is 19.4. The maximum atomic E-state index is 12.4. The Morgan fingerprint density at radius 2 is 1.86 bits per heavy atom. The third-order valence-corrected chi connectivity index (χ3v) is 2.89. The standard InChI is InChI=1S/C15H14F3N3/c1-11(12-5-3-2-4-6-12)9-20-21-14-8-7-13(10-19-14)15(16,17)18/h2-11H,1H3,(H,19,21)/b20-9-/t11-/m1/s1. The Morgan fingerprint density at radius 3 is 2.43 bits per heavy atom. The fraction of sp³-hybridized carbons (Fsp3) is 0.200. The van der Waals surface area contributed by atoms with Gasteiger partial charge < -0.3 is 0 Å². The van der Waals surface area contributed by atoms with E-state index in [4.69, 9.17) is 0 Å². The van der Waals surface area contributed by atoms with E-state index in [-0.39, 0.29) is 11.7 Å². The van der Waals surface area contributed by atoms with E-state index < -0.39 is 11.7 Å². The summed E-state index contributed by atoms with van der Waals surface area (Å²) in [5.74, 6) is 0.354. The van der Waals surface area contributed by atoms with Gasteiger partial charge in [0.2, 0.25) is 0 Å². The van der Waals surface area contributed by atoms with E-state index in [2.05, 4.69) is 15.5 Å². The van der Waals surface area contributed by atoms with Gasteiger partial charge in [-0.2, -0.15) is 18.3 Å². The van der Waals surface area contributed by atoms with Crippen molar-refractivity contribution in [3.05, 3.63) is 59.8 Å². The Labute approximate surface area is 120 Å². The average Bonchev–Trinajstić information content (AvgIpc) is 2.47. The Bertz CT molecular complexity index is 592. The minimum atomic E-state index is -4.38. The van der Waals surface area contributed by atoms with Crippen molar-refractivity contribution >= 4 is 12.0 Å². The zero-order chi connectivity index (χ0) is 15.3. The van der Waals surface area contributed by atoms with Gasteiger partial charge in [0, 0.05) is 18.3 Å². The molecular formula is C15H14F3N3. The first-order chi connectivity index (χ1) is 9.97. The number of hydrazone groups is 1. The van der Waals surface area contributed by atoms with Crippen molar-refractivity contribution in [1.29, 1.82) is 0 Å². The van der Waals surface area contributed by atoms with Crippen LogP contribution in [0.15, 0.2) is 53.8 Å². The summed E-state index contributed by atoms with van der Waals surface area (Å²) in [6.45, 7) is 1.97. The smallest absolute Gasteiger partial charge is 0.262 e. The van der Waals surface area contributed by atoms with E-state index in [0.717, 1.165) is 17.8 Å². The molecule has 1 atom stereocenters. The molecule has 110 valence electrons. The molecule has 2 rings (SSSR count). The Balaban J connectivity index is 1.95. The number of halogens is 3. The number of benzene rings is 1. The molecule has 1 aromatic heterocycles. The predicted molar refractivity (Wildman–Crippen MR) is 76.2 cm³/mol. The second-order valence-corrected chi connectivity index (χ2v) is 4.52. The normalized spacial score (nSPS) is 13.3. The second-order valence-electron chi connectivity index (χ2n) is 4.52. The number of hydrogen-bond acceptors (Lipinski definition) is 3. The Morgan fingerprint density at radius 1 is 1.14 bits per heavy atom. The summed E-state index contributed by atoms with van der Waals surface area (Å²) in [5, 5.41) is 3.99. The van der Waals surface area contributed by atoms with Crippen LogP contribution in [-0.2, 0) is 6.18 Å². The number of hydrogen-bond donors (Lipinski definition) is 1. The summed E-state index contributed by atoms with van der Waals surface area (Å²) in [7, 11) is 0. The highest BCUT2D eigenvalue weighted by molar-refractivity contribution is 5.68. The van der Waals surface area contributed by atoms with Gasteiger partial charge in [-0.25, -0.2) is 4.98 Å². The van der Waals surface area contributed by atoms with Gasteiger partial charge in [-0.15, -0.1) is 0 Å². The third kappa shape index (κ3) is 4.30. The summed E-state index contributed by atoms with van der Waals surface area (Å²) in [6, 6.07) is 12.0. The second kappa shape index (κ2) is 6.39. The fourth-order valence-electron chi connectivity index (χ4n) is 1.69. The minimum absolute atomic E-state index is 0.0909. The van der Waals surface area contributed by atoms with Crippen molar-refractivity contribution in [2.24, 2.45) is 5.10 Å². The quantitative estimate of drug-likeness (QED) is 0.674. The number of aromatic nitrogens is 1. The molecule has 1 N–H and O–H groups in total. The molecule has 0 unspecified atom stereocenters. The molecule has 1 heterocycles. The molecule has 0 aliphatic carbocycles. The van der Waals surface area contributed by atoms with Crippen molar-refractivity contribution in [3.63, 3.8) is 0 Å². The molecule has 0 amide bonds. The topological polar surface area (TPSA) is 37.3 Å². The molecule has 0 spiro atoms. The lowest BCUT2D eigenvalue weighted by atomic mass is 10.0. The summed E-state index contributed by atoms with van der Waals surface area (Å²) >= 11 is 0. The number of alkyl halides is 3. The number of anilines is 1. The van der Waals surface area contributed by atoms with Gasteiger partial charge in [0.1, 0.15) is 5.82 Å². The zero-order valence-electron chi connectivity index (χ0n) is 11.3. The molecule has 0 saturated carbocycles. The summed E-state index contributed by atoms with van der Waals surface area (Å²) < 4.78 is 37.1. The van der Waals surface area contributed by atoms with Crippen molar-refractivity contribution in [3.8, 4) is 0 Å². The first-order valence-corrected chi connectivity index (χ1v) is 6.34. The predicted octanol–water partition coefficient (Wildman–Crippen LogP) is 4.30. The minimum Gasteiger partial charge on any atom is -0.262 e. The molecule has 1 aromatic carbocycles. The number of pyridine rings is 1. The molecule has 0 radical (unpaired) electrons. The highest BCUT2D eigenvalue weighted by Gasteiger charge is 2.30. The average molecular weight is 293 g/mol. The zero-order valence-corrected chi connectivity index (χ0v) is 11.3. The van der Waals surface area contributed by atoms with Crippen LogP contribution in [0, 0.1) is 0 Å². The van der Waals surface area contributed by atoms with Crippen LogP contribution >= 0.6 is 0 Å². The van der Waals surface area contributed by atoms with Gasteiger partial charge in [0.05, 0.1) is 5.56 Å². The van der Waals surface area contributed by atoms with Gasteiger partial charge in [0.25, 0.3) is 0 Å². The maximum absolute atomic E-state index is 12.4. The highest BCUT2D eigenvalue weighted by Crippen LogP contribution is 2.28. The molecular weight excluding hydrogens is 279 g/mol. The Kier molecular flexibility index (Phi) is 4.57. The fourth-order valence-corrected chi connectivity index (χ4v) is 1.69. The summed E-state index contributed by atoms with van der Waals surface area (Å²) in [5.41, 5.74) is 2.93. The van der Waals surface area contributed by atoms with E-state index in [0.29, 0.717) is 0 Å². The lowest BCUT2D eigenvalue weighted by Crippen LogP contribution is -2.06.